The van der Waals surface area contributed by atoms with Crippen molar-refractivity contribution in [2.45, 2.75) is 0 Å². The molecule has 0 atom stereocenters. The van der Waals surface area contributed by atoms with E-state index in [-0.39, 0.29) is 0 Å². The Morgan fingerprint density at radius 3 is 2.90 bits per heavy atom. The first-order chi connectivity index (χ1) is 10.2. The van der Waals surface area contributed by atoms with Gasteiger partial charge in [-0.1, -0.05) is 28.1 Å². The third kappa shape index (κ3) is 2.75. The number of nitrogens with one attached hydrogen (secondary N) is 2. The van der Waals surface area contributed by atoms with Crippen LogP contribution < -0.4 is 5.32 Å². The Morgan fingerprint density at radius 2 is 2.10 bits per heavy atom. The number of halogens is 1. The second-order valence-corrected chi connectivity index (χ2v) is 5.32. The highest BCUT2D eigenvalue weighted by atomic mass is 79.9. The maximum Gasteiger partial charge on any atom is 0.339 e. The molecule has 106 valence electrons. The molecule has 1 aromatic heterocycles. The summed E-state index contributed by atoms with van der Waals surface area (Å²) in [6.45, 7) is 0. The first kappa shape index (κ1) is 13.6. The van der Waals surface area contributed by atoms with Gasteiger partial charge in [0.05, 0.1) is 29.4 Å². The Kier molecular flexibility index (Phi) is 3.62. The average Bonchev–Trinajstić information content (AvgIpc) is 2.88. The molecule has 2 aromatic carbocycles. The normalized spacial score (nSPS) is 10.6. The number of nitrogens with zero attached hydrogens (tertiary/aromatic N) is 1. The minimum absolute atomic E-state index is 0.392. The number of hydrogen-bond donors (Lipinski definition) is 2. The van der Waals surface area contributed by atoms with Gasteiger partial charge in [-0.05, 0) is 30.3 Å². The predicted molar refractivity (Wildman–Crippen MR) is 84.9 cm³/mol. The zero-order chi connectivity index (χ0) is 14.8. The van der Waals surface area contributed by atoms with Crippen molar-refractivity contribution in [2.75, 3.05) is 12.4 Å². The molecule has 0 spiro atoms. The number of para-hydroxylation sites is 1. The van der Waals surface area contributed by atoms with Gasteiger partial charge >= 0.3 is 5.97 Å². The summed E-state index contributed by atoms with van der Waals surface area (Å²) in [6, 6.07) is 12.9. The average molecular weight is 346 g/mol. The Hall–Kier alpha value is -2.34. The lowest BCUT2D eigenvalue weighted by molar-refractivity contribution is 0.0602. The lowest BCUT2D eigenvalue weighted by Gasteiger charge is -2.07. The molecule has 0 aliphatic heterocycles. The van der Waals surface area contributed by atoms with Crippen molar-refractivity contribution in [1.82, 2.24) is 9.97 Å². The summed E-state index contributed by atoms with van der Waals surface area (Å²) in [7, 11) is 1.36. The molecule has 0 radical (unpaired) electrons. The van der Waals surface area contributed by atoms with Crippen molar-refractivity contribution in [3.05, 3.63) is 52.5 Å². The van der Waals surface area contributed by atoms with Crippen LogP contribution in [0.4, 0.5) is 11.6 Å². The third-order valence-electron chi connectivity index (χ3n) is 3.03. The largest absolute Gasteiger partial charge is 0.465 e. The van der Waals surface area contributed by atoms with E-state index in [4.69, 9.17) is 4.74 Å². The van der Waals surface area contributed by atoms with E-state index in [0.29, 0.717) is 17.2 Å². The van der Waals surface area contributed by atoms with E-state index in [2.05, 4.69) is 31.2 Å². The Labute approximate surface area is 129 Å². The number of esters is 1. The van der Waals surface area contributed by atoms with Crippen LogP contribution in [-0.2, 0) is 4.74 Å². The van der Waals surface area contributed by atoms with E-state index < -0.39 is 5.97 Å². The molecular weight excluding hydrogens is 334 g/mol. The topological polar surface area (TPSA) is 67.0 Å². The molecule has 3 rings (SSSR count). The lowest BCUT2D eigenvalue weighted by atomic mass is 10.2. The van der Waals surface area contributed by atoms with Crippen LogP contribution in [0.1, 0.15) is 10.4 Å². The van der Waals surface area contributed by atoms with Crippen LogP contribution in [0.2, 0.25) is 0 Å². The minimum atomic E-state index is -0.392. The van der Waals surface area contributed by atoms with Crippen LogP contribution in [0.5, 0.6) is 0 Å². The first-order valence-corrected chi connectivity index (χ1v) is 7.06. The highest BCUT2D eigenvalue weighted by molar-refractivity contribution is 9.10. The number of ether oxygens (including phenoxy) is 1. The van der Waals surface area contributed by atoms with Crippen LogP contribution in [0.25, 0.3) is 11.0 Å². The number of benzene rings is 2. The zero-order valence-corrected chi connectivity index (χ0v) is 12.8. The molecule has 5 nitrogen and oxygen atoms in total. The number of fused-ring (bicyclic) bond motifs is 1. The Morgan fingerprint density at radius 1 is 1.29 bits per heavy atom. The number of anilines is 2. The van der Waals surface area contributed by atoms with Gasteiger partial charge in [0.15, 0.2) is 0 Å². The van der Waals surface area contributed by atoms with Gasteiger partial charge in [-0.25, -0.2) is 9.78 Å². The van der Waals surface area contributed by atoms with Crippen molar-refractivity contribution in [3.8, 4) is 0 Å². The Balaban J connectivity index is 1.97. The van der Waals surface area contributed by atoms with E-state index in [1.54, 1.807) is 18.2 Å². The van der Waals surface area contributed by atoms with E-state index in [1.807, 2.05) is 24.3 Å². The standard InChI is InChI=1S/C15H12BrN3O2/c1-21-14(20)10-4-2-3-5-11(10)17-15-18-12-7-6-9(16)8-13(12)19-15/h2-8H,1H3,(H2,17,18,19). The summed E-state index contributed by atoms with van der Waals surface area (Å²) in [6.07, 6.45) is 0. The molecule has 0 bridgehead atoms. The van der Waals surface area contributed by atoms with Gasteiger partial charge in [0.1, 0.15) is 0 Å². The van der Waals surface area contributed by atoms with Gasteiger partial charge in [0, 0.05) is 4.47 Å². The molecule has 0 amide bonds. The molecule has 0 aliphatic rings. The van der Waals surface area contributed by atoms with E-state index >= 15 is 0 Å². The van der Waals surface area contributed by atoms with E-state index in [1.165, 1.54) is 7.11 Å². The van der Waals surface area contributed by atoms with Crippen LogP contribution in [0.3, 0.4) is 0 Å². The maximum absolute atomic E-state index is 11.7. The Bertz CT molecular complexity index is 814. The van der Waals surface area contributed by atoms with Gasteiger partial charge in [-0.15, -0.1) is 0 Å². The number of carbonyl (C=O) groups is 1. The van der Waals surface area contributed by atoms with E-state index in [9.17, 15) is 4.79 Å². The van der Waals surface area contributed by atoms with Crippen molar-refractivity contribution in [1.29, 1.82) is 0 Å². The van der Waals surface area contributed by atoms with Gasteiger partial charge in [0.25, 0.3) is 0 Å². The number of methoxy groups -OCH3 is 1. The highest BCUT2D eigenvalue weighted by Crippen LogP contribution is 2.23. The molecule has 21 heavy (non-hydrogen) atoms. The quantitative estimate of drug-likeness (QED) is 0.707. The second kappa shape index (κ2) is 5.57. The van der Waals surface area contributed by atoms with Crippen LogP contribution in [0.15, 0.2) is 46.9 Å². The maximum atomic E-state index is 11.7. The zero-order valence-electron chi connectivity index (χ0n) is 11.2. The summed E-state index contributed by atoms with van der Waals surface area (Å²) in [5.41, 5.74) is 2.85. The van der Waals surface area contributed by atoms with Gasteiger partial charge in [0.2, 0.25) is 5.95 Å². The number of hydrogen-bond acceptors (Lipinski definition) is 4. The molecule has 3 aromatic rings. The molecule has 2 N–H and O–H groups in total. The summed E-state index contributed by atoms with van der Waals surface area (Å²) >= 11 is 3.42. The number of aromatic amines is 1. The molecule has 0 fully saturated rings. The predicted octanol–water partition coefficient (Wildman–Crippen LogP) is 3.86. The number of rotatable bonds is 3. The molecule has 1 heterocycles. The summed E-state index contributed by atoms with van der Waals surface area (Å²) < 4.78 is 5.75. The number of H-pyrrole nitrogens is 1. The van der Waals surface area contributed by atoms with Gasteiger partial charge in [-0.3, -0.25) is 0 Å². The molecule has 0 aliphatic carbocycles. The third-order valence-corrected chi connectivity index (χ3v) is 3.52. The minimum Gasteiger partial charge on any atom is -0.465 e. The molecular formula is C15H12BrN3O2. The summed E-state index contributed by atoms with van der Waals surface area (Å²) in [5, 5.41) is 3.11. The fourth-order valence-electron chi connectivity index (χ4n) is 2.05. The number of carbonyl (C=O) groups excluding carboxylic acids is 1. The smallest absolute Gasteiger partial charge is 0.339 e. The van der Waals surface area contributed by atoms with Crippen molar-refractivity contribution in [3.63, 3.8) is 0 Å². The first-order valence-electron chi connectivity index (χ1n) is 6.27. The molecule has 0 saturated carbocycles. The summed E-state index contributed by atoms with van der Waals surface area (Å²) in [5.74, 6) is 0.177. The molecule has 0 unspecified atom stereocenters. The molecule has 0 saturated heterocycles. The van der Waals surface area contributed by atoms with Crippen molar-refractivity contribution < 1.29 is 9.53 Å². The second-order valence-electron chi connectivity index (χ2n) is 4.41. The molecule has 6 heteroatoms. The van der Waals surface area contributed by atoms with Crippen molar-refractivity contribution >= 4 is 44.6 Å². The van der Waals surface area contributed by atoms with Gasteiger partial charge in [-0.2, -0.15) is 0 Å². The lowest BCUT2D eigenvalue weighted by Crippen LogP contribution is -2.05. The fourth-order valence-corrected chi connectivity index (χ4v) is 2.41. The van der Waals surface area contributed by atoms with Crippen molar-refractivity contribution in [2.24, 2.45) is 0 Å². The van der Waals surface area contributed by atoms with Crippen LogP contribution in [0, 0.1) is 0 Å². The summed E-state index contributed by atoms with van der Waals surface area (Å²) in [4.78, 5) is 19.3. The number of aromatic nitrogens is 2. The van der Waals surface area contributed by atoms with Crippen LogP contribution >= 0.6 is 15.9 Å². The SMILES string of the molecule is COC(=O)c1ccccc1Nc1nc2ccc(Br)cc2[nH]1. The highest BCUT2D eigenvalue weighted by Gasteiger charge is 2.12. The monoisotopic (exact) mass is 345 g/mol. The van der Waals surface area contributed by atoms with E-state index in [0.717, 1.165) is 15.5 Å². The fraction of sp³-hybridized carbons (Fsp3) is 0.0667. The van der Waals surface area contributed by atoms with Crippen LogP contribution in [-0.4, -0.2) is 23.0 Å². The number of imidazole rings is 1. The van der Waals surface area contributed by atoms with Gasteiger partial charge < -0.3 is 15.0 Å².